The van der Waals surface area contributed by atoms with Gasteiger partial charge in [0.1, 0.15) is 18.1 Å². The first-order valence-electron chi connectivity index (χ1n) is 8.31. The smallest absolute Gasteiger partial charge is 0.326 e. The second kappa shape index (κ2) is 9.83. The molecule has 1 fully saturated rings. The van der Waals surface area contributed by atoms with Crippen LogP contribution in [0.2, 0.25) is 0 Å². The normalized spacial score (nSPS) is 19.7. The first-order valence-corrected chi connectivity index (χ1v) is 8.31. The standard InChI is InChI=1S/C15H24N4O8/c1-7(20)12(18-10(21)6-16)14(25)19-4-2-3-9(19)13(24)17-8(15(26)27)5-11(22)23/h7-9,12,20H,2-6,16H2,1H3,(H,17,24)(H,18,21)(H,22,23)(H,26,27). The predicted octanol–water partition coefficient (Wildman–Crippen LogP) is -3.15. The molecule has 0 radical (unpaired) electrons. The maximum absolute atomic E-state index is 12.7. The summed E-state index contributed by atoms with van der Waals surface area (Å²) in [5.41, 5.74) is 5.19. The van der Waals surface area contributed by atoms with Crippen LogP contribution < -0.4 is 16.4 Å². The van der Waals surface area contributed by atoms with Crippen molar-refractivity contribution in [2.45, 2.75) is 50.4 Å². The van der Waals surface area contributed by atoms with Gasteiger partial charge >= 0.3 is 11.9 Å². The first kappa shape index (κ1) is 22.3. The topological polar surface area (TPSA) is 199 Å². The molecule has 4 atom stereocenters. The number of hydrogen-bond acceptors (Lipinski definition) is 7. The lowest BCUT2D eigenvalue weighted by atomic mass is 10.1. The summed E-state index contributed by atoms with van der Waals surface area (Å²) >= 11 is 0. The molecule has 12 nitrogen and oxygen atoms in total. The van der Waals surface area contributed by atoms with Gasteiger partial charge in [0.15, 0.2) is 0 Å². The van der Waals surface area contributed by atoms with Crippen molar-refractivity contribution in [3.63, 3.8) is 0 Å². The van der Waals surface area contributed by atoms with Crippen LogP contribution in [0.15, 0.2) is 0 Å². The molecule has 1 heterocycles. The number of aliphatic hydroxyl groups excluding tert-OH is 1. The summed E-state index contributed by atoms with van der Waals surface area (Å²) in [5.74, 6) is -5.11. The average molecular weight is 388 g/mol. The van der Waals surface area contributed by atoms with Gasteiger partial charge in [-0.3, -0.25) is 19.2 Å². The number of carbonyl (C=O) groups is 5. The molecule has 0 bridgehead atoms. The number of carbonyl (C=O) groups excluding carboxylic acids is 3. The quantitative estimate of drug-likeness (QED) is 0.236. The number of nitrogens with one attached hydrogen (secondary N) is 2. The van der Waals surface area contributed by atoms with Crippen LogP contribution in [0, 0.1) is 0 Å². The summed E-state index contributed by atoms with van der Waals surface area (Å²) < 4.78 is 0. The summed E-state index contributed by atoms with van der Waals surface area (Å²) in [6.07, 6.45) is -1.40. The highest BCUT2D eigenvalue weighted by molar-refractivity contribution is 5.94. The molecule has 3 amide bonds. The largest absolute Gasteiger partial charge is 0.481 e. The molecule has 1 rings (SSSR count). The van der Waals surface area contributed by atoms with Crippen molar-refractivity contribution in [3.05, 3.63) is 0 Å². The zero-order valence-corrected chi connectivity index (χ0v) is 14.8. The zero-order valence-electron chi connectivity index (χ0n) is 14.8. The van der Waals surface area contributed by atoms with E-state index in [-0.39, 0.29) is 13.0 Å². The number of nitrogens with zero attached hydrogens (tertiary/aromatic N) is 1. The van der Waals surface area contributed by atoms with Crippen molar-refractivity contribution in [2.24, 2.45) is 5.73 Å². The Morgan fingerprint density at radius 2 is 1.81 bits per heavy atom. The van der Waals surface area contributed by atoms with Crippen LogP contribution in [0.5, 0.6) is 0 Å². The Morgan fingerprint density at radius 3 is 2.30 bits per heavy atom. The van der Waals surface area contributed by atoms with Crippen molar-refractivity contribution >= 4 is 29.7 Å². The molecular weight excluding hydrogens is 364 g/mol. The van der Waals surface area contributed by atoms with E-state index >= 15 is 0 Å². The van der Waals surface area contributed by atoms with Gasteiger partial charge in [0.05, 0.1) is 19.1 Å². The fourth-order valence-electron chi connectivity index (χ4n) is 2.75. The predicted molar refractivity (Wildman–Crippen MR) is 89.2 cm³/mol. The Bertz CT molecular complexity index is 609. The van der Waals surface area contributed by atoms with Crippen molar-refractivity contribution in [2.75, 3.05) is 13.1 Å². The summed E-state index contributed by atoms with van der Waals surface area (Å²) in [6.45, 7) is 1.06. The molecule has 12 heteroatoms. The lowest BCUT2D eigenvalue weighted by Crippen LogP contribution is -2.58. The van der Waals surface area contributed by atoms with Crippen LogP contribution in [0.3, 0.4) is 0 Å². The maximum atomic E-state index is 12.7. The second-order valence-corrected chi connectivity index (χ2v) is 6.18. The highest BCUT2D eigenvalue weighted by Crippen LogP contribution is 2.19. The minimum absolute atomic E-state index is 0.162. The number of rotatable bonds is 9. The number of nitrogens with two attached hydrogens (primary N) is 1. The Balaban J connectivity index is 2.90. The molecule has 0 aromatic carbocycles. The van der Waals surface area contributed by atoms with E-state index in [4.69, 9.17) is 15.9 Å². The van der Waals surface area contributed by atoms with Crippen LogP contribution >= 0.6 is 0 Å². The van der Waals surface area contributed by atoms with E-state index in [0.29, 0.717) is 6.42 Å². The van der Waals surface area contributed by atoms with E-state index in [9.17, 15) is 29.1 Å². The Labute approximate surface area is 154 Å². The van der Waals surface area contributed by atoms with Crippen molar-refractivity contribution in [1.29, 1.82) is 0 Å². The second-order valence-electron chi connectivity index (χ2n) is 6.18. The van der Waals surface area contributed by atoms with E-state index < -0.39 is 66.9 Å². The number of likely N-dealkylation sites (tertiary alicyclic amines) is 1. The number of carboxylic acids is 2. The molecule has 0 aromatic heterocycles. The van der Waals surface area contributed by atoms with E-state index in [1.807, 2.05) is 0 Å². The highest BCUT2D eigenvalue weighted by Gasteiger charge is 2.40. The van der Waals surface area contributed by atoms with Crippen molar-refractivity contribution in [3.8, 4) is 0 Å². The lowest BCUT2D eigenvalue weighted by molar-refractivity contribution is -0.149. The molecule has 7 N–H and O–H groups in total. The number of aliphatic carboxylic acids is 2. The van der Waals surface area contributed by atoms with E-state index in [0.717, 1.165) is 4.90 Å². The zero-order chi connectivity index (χ0) is 20.7. The molecule has 1 aliphatic heterocycles. The highest BCUT2D eigenvalue weighted by atomic mass is 16.4. The summed E-state index contributed by atoms with van der Waals surface area (Å²) in [7, 11) is 0. The van der Waals surface area contributed by atoms with E-state index in [2.05, 4.69) is 10.6 Å². The molecule has 0 aliphatic carbocycles. The third-order valence-electron chi connectivity index (χ3n) is 4.08. The monoisotopic (exact) mass is 388 g/mol. The van der Waals surface area contributed by atoms with Gasteiger partial charge in [-0.2, -0.15) is 0 Å². The Morgan fingerprint density at radius 1 is 1.19 bits per heavy atom. The molecule has 0 saturated carbocycles. The SMILES string of the molecule is CC(O)C(NC(=O)CN)C(=O)N1CCCC1C(=O)NC(CC(=O)O)C(=O)O. The van der Waals surface area contributed by atoms with Crippen LogP contribution in [0.1, 0.15) is 26.2 Å². The van der Waals surface area contributed by atoms with Crippen molar-refractivity contribution in [1.82, 2.24) is 15.5 Å². The Kier molecular flexibility index (Phi) is 8.12. The third kappa shape index (κ3) is 6.18. The number of aliphatic hydroxyl groups is 1. The average Bonchev–Trinajstić information content (AvgIpc) is 3.07. The van der Waals surface area contributed by atoms with Crippen LogP contribution in [-0.2, 0) is 24.0 Å². The summed E-state index contributed by atoms with van der Waals surface area (Å²) in [6, 6.07) is -4.00. The molecular formula is C15H24N4O8. The van der Waals surface area contributed by atoms with Gasteiger partial charge in [-0.25, -0.2) is 4.79 Å². The molecule has 4 unspecified atom stereocenters. The lowest BCUT2D eigenvalue weighted by Gasteiger charge is -2.30. The van der Waals surface area contributed by atoms with Crippen molar-refractivity contribution < 1.29 is 39.3 Å². The Hall–Kier alpha value is -2.73. The number of amides is 3. The number of hydrogen-bond donors (Lipinski definition) is 6. The number of carboxylic acid groups (broad SMARTS) is 2. The molecule has 0 spiro atoms. The van der Waals surface area contributed by atoms with Gasteiger partial charge in [-0.15, -0.1) is 0 Å². The van der Waals surface area contributed by atoms with Gasteiger partial charge in [-0.05, 0) is 19.8 Å². The summed E-state index contributed by atoms with van der Waals surface area (Å²) in [5, 5.41) is 31.9. The minimum Gasteiger partial charge on any atom is -0.481 e. The van der Waals surface area contributed by atoms with Gasteiger partial charge in [0, 0.05) is 6.54 Å². The fraction of sp³-hybridized carbons (Fsp3) is 0.667. The molecule has 152 valence electrons. The van der Waals surface area contributed by atoms with Crippen LogP contribution in [0.4, 0.5) is 0 Å². The van der Waals surface area contributed by atoms with Gasteiger partial charge in [0.25, 0.3) is 0 Å². The molecule has 27 heavy (non-hydrogen) atoms. The van der Waals surface area contributed by atoms with E-state index in [1.165, 1.54) is 6.92 Å². The molecule has 1 saturated heterocycles. The van der Waals surface area contributed by atoms with Crippen LogP contribution in [0.25, 0.3) is 0 Å². The minimum atomic E-state index is -1.64. The van der Waals surface area contributed by atoms with Gasteiger partial charge < -0.3 is 36.6 Å². The van der Waals surface area contributed by atoms with E-state index in [1.54, 1.807) is 0 Å². The van der Waals surface area contributed by atoms with Crippen LogP contribution in [-0.4, -0.2) is 87.2 Å². The molecule has 0 aromatic rings. The first-order chi connectivity index (χ1) is 12.6. The van der Waals surface area contributed by atoms with Gasteiger partial charge in [0.2, 0.25) is 17.7 Å². The third-order valence-corrected chi connectivity index (χ3v) is 4.08. The summed E-state index contributed by atoms with van der Waals surface area (Å²) in [4.78, 5) is 59.5. The molecule has 1 aliphatic rings. The maximum Gasteiger partial charge on any atom is 0.326 e. The van der Waals surface area contributed by atoms with Gasteiger partial charge in [-0.1, -0.05) is 0 Å². The fourth-order valence-corrected chi connectivity index (χ4v) is 2.75.